The van der Waals surface area contributed by atoms with Gasteiger partial charge in [0.25, 0.3) is 0 Å². The van der Waals surface area contributed by atoms with E-state index < -0.39 is 0 Å². The van der Waals surface area contributed by atoms with Crippen LogP contribution in [0.25, 0.3) is 11.3 Å². The number of nitrogens with zero attached hydrogens (tertiary/aromatic N) is 1. The topological polar surface area (TPSA) is 12.9 Å². The quantitative estimate of drug-likeness (QED) is 0.587. The molecule has 0 fully saturated rings. The first-order chi connectivity index (χ1) is 5.86. The first kappa shape index (κ1) is 7.56. The molecule has 0 N–H and O–H groups in total. The van der Waals surface area contributed by atoms with Crippen LogP contribution in [0.5, 0.6) is 0 Å². The van der Waals surface area contributed by atoms with E-state index in [2.05, 4.69) is 22.5 Å². The molecule has 0 spiro atoms. The lowest BCUT2D eigenvalue weighted by atomic mass is 10.1. The fraction of sp³-hybridized carbons (Fsp3) is 0. The molecule has 1 nitrogen and oxygen atoms in total. The number of rotatable bonds is 1. The van der Waals surface area contributed by atoms with E-state index in [0.29, 0.717) is 0 Å². The van der Waals surface area contributed by atoms with Crippen LogP contribution in [-0.4, -0.2) is 12.8 Å². The van der Waals surface area contributed by atoms with Crippen LogP contribution >= 0.6 is 11.3 Å². The van der Waals surface area contributed by atoms with Crippen LogP contribution in [0.15, 0.2) is 35.7 Å². The maximum atomic E-state index is 4.40. The molecule has 1 aromatic carbocycles. The van der Waals surface area contributed by atoms with E-state index in [0.717, 1.165) is 10.6 Å². The van der Waals surface area contributed by atoms with Crippen molar-refractivity contribution in [3.05, 3.63) is 35.7 Å². The Balaban J connectivity index is 2.45. The average Bonchev–Trinajstić information content (AvgIpc) is 2.54. The van der Waals surface area contributed by atoms with E-state index in [1.165, 1.54) is 5.56 Å². The summed E-state index contributed by atoms with van der Waals surface area (Å²) < 4.78 is 0. The van der Waals surface area contributed by atoms with Gasteiger partial charge in [-0.3, -0.25) is 4.98 Å². The molecule has 0 radical (unpaired) electrons. The number of benzene rings is 1. The SMILES string of the molecule is Bc1nc(-c2ccccc2)cs1. The molecule has 0 saturated carbocycles. The number of aromatic nitrogens is 1. The Morgan fingerprint density at radius 3 is 2.50 bits per heavy atom. The van der Waals surface area contributed by atoms with Gasteiger partial charge in [0.05, 0.1) is 5.69 Å². The van der Waals surface area contributed by atoms with E-state index in [9.17, 15) is 0 Å². The van der Waals surface area contributed by atoms with E-state index in [1.807, 2.05) is 26.0 Å². The maximum absolute atomic E-state index is 4.40. The van der Waals surface area contributed by atoms with Gasteiger partial charge in [0.1, 0.15) is 0 Å². The highest BCUT2D eigenvalue weighted by Crippen LogP contribution is 2.16. The summed E-state index contributed by atoms with van der Waals surface area (Å²) in [6.45, 7) is 0. The number of thiazole rings is 1. The van der Waals surface area contributed by atoms with Crippen LogP contribution in [0.3, 0.4) is 0 Å². The van der Waals surface area contributed by atoms with Crippen molar-refractivity contribution >= 4 is 24.1 Å². The van der Waals surface area contributed by atoms with Crippen LogP contribution < -0.4 is 4.91 Å². The van der Waals surface area contributed by atoms with Crippen molar-refractivity contribution in [2.24, 2.45) is 0 Å². The van der Waals surface area contributed by atoms with Crippen molar-refractivity contribution in [3.63, 3.8) is 0 Å². The lowest BCUT2D eigenvalue weighted by Crippen LogP contribution is -1.97. The van der Waals surface area contributed by atoms with Crippen molar-refractivity contribution < 1.29 is 0 Å². The largest absolute Gasteiger partial charge is 0.252 e. The van der Waals surface area contributed by atoms with Gasteiger partial charge < -0.3 is 0 Å². The van der Waals surface area contributed by atoms with Crippen LogP contribution in [0, 0.1) is 0 Å². The molecular weight excluding hydrogens is 165 g/mol. The Bertz CT molecular complexity index is 369. The van der Waals surface area contributed by atoms with E-state index in [4.69, 9.17) is 0 Å². The Labute approximate surface area is 76.5 Å². The second-order valence-corrected chi connectivity index (χ2v) is 3.68. The average molecular weight is 173 g/mol. The van der Waals surface area contributed by atoms with Crippen molar-refractivity contribution in [1.29, 1.82) is 0 Å². The number of hydrogen-bond donors (Lipinski definition) is 0. The summed E-state index contributed by atoms with van der Waals surface area (Å²) in [5.41, 5.74) is 2.28. The van der Waals surface area contributed by atoms with Gasteiger partial charge in [-0.05, 0) is 0 Å². The van der Waals surface area contributed by atoms with Crippen molar-refractivity contribution in [2.75, 3.05) is 0 Å². The molecule has 1 aromatic heterocycles. The Kier molecular flexibility index (Phi) is 1.96. The maximum Gasteiger partial charge on any atom is 0.177 e. The van der Waals surface area contributed by atoms with Crippen LogP contribution in [-0.2, 0) is 0 Å². The van der Waals surface area contributed by atoms with Crippen LogP contribution in [0.1, 0.15) is 0 Å². The molecule has 0 unspecified atom stereocenters. The van der Waals surface area contributed by atoms with E-state index in [1.54, 1.807) is 11.3 Å². The summed E-state index contributed by atoms with van der Waals surface area (Å²) in [6.07, 6.45) is 0. The summed E-state index contributed by atoms with van der Waals surface area (Å²) >= 11 is 1.69. The minimum Gasteiger partial charge on any atom is -0.252 e. The third-order valence-electron chi connectivity index (χ3n) is 1.69. The summed E-state index contributed by atoms with van der Waals surface area (Å²) in [7, 11) is 2.02. The highest BCUT2D eigenvalue weighted by molar-refractivity contribution is 7.18. The zero-order chi connectivity index (χ0) is 8.39. The standard InChI is InChI=1S/C9H8BNS/c10-9-11-8(6-12-9)7-4-2-1-3-5-7/h1-6H,10H2. The fourth-order valence-electron chi connectivity index (χ4n) is 1.10. The van der Waals surface area contributed by atoms with Gasteiger partial charge in [0.15, 0.2) is 7.85 Å². The monoisotopic (exact) mass is 173 g/mol. The molecule has 1 heterocycles. The summed E-state index contributed by atoms with van der Waals surface area (Å²) in [5.74, 6) is 0. The Morgan fingerprint density at radius 1 is 1.17 bits per heavy atom. The third kappa shape index (κ3) is 1.41. The molecule has 2 rings (SSSR count). The highest BCUT2D eigenvalue weighted by Gasteiger charge is 1.98. The first-order valence-electron chi connectivity index (χ1n) is 3.84. The Morgan fingerprint density at radius 2 is 1.92 bits per heavy atom. The molecule has 0 amide bonds. The summed E-state index contributed by atoms with van der Waals surface area (Å²) in [5, 5.41) is 2.09. The van der Waals surface area contributed by atoms with Gasteiger partial charge in [-0.2, -0.15) is 0 Å². The minimum atomic E-state index is 1.08. The van der Waals surface area contributed by atoms with Crippen molar-refractivity contribution in [1.82, 2.24) is 4.98 Å². The molecule has 0 aliphatic carbocycles. The van der Waals surface area contributed by atoms with E-state index in [-0.39, 0.29) is 0 Å². The second-order valence-electron chi connectivity index (χ2n) is 2.62. The molecular formula is C9H8BNS. The molecule has 58 valence electrons. The molecule has 0 aliphatic rings. The predicted molar refractivity (Wildman–Crippen MR) is 55.7 cm³/mol. The minimum absolute atomic E-state index is 1.08. The number of hydrogen-bond acceptors (Lipinski definition) is 2. The summed E-state index contributed by atoms with van der Waals surface area (Å²) in [4.78, 5) is 5.52. The van der Waals surface area contributed by atoms with Gasteiger partial charge in [-0.1, -0.05) is 30.3 Å². The highest BCUT2D eigenvalue weighted by atomic mass is 32.1. The van der Waals surface area contributed by atoms with Gasteiger partial charge >= 0.3 is 0 Å². The van der Waals surface area contributed by atoms with Gasteiger partial charge in [0.2, 0.25) is 0 Å². The van der Waals surface area contributed by atoms with Crippen LogP contribution in [0.4, 0.5) is 0 Å². The molecule has 0 aliphatic heterocycles. The first-order valence-corrected chi connectivity index (χ1v) is 4.72. The normalized spacial score (nSPS) is 10.0. The second kappa shape index (κ2) is 3.11. The zero-order valence-electron chi connectivity index (χ0n) is 6.82. The fourth-order valence-corrected chi connectivity index (χ4v) is 1.73. The molecule has 0 saturated heterocycles. The zero-order valence-corrected chi connectivity index (χ0v) is 7.64. The van der Waals surface area contributed by atoms with Crippen molar-refractivity contribution in [2.45, 2.75) is 0 Å². The lowest BCUT2D eigenvalue weighted by Gasteiger charge is -1.92. The molecule has 2 aromatic rings. The van der Waals surface area contributed by atoms with Gasteiger partial charge in [-0.25, -0.2) is 0 Å². The molecule has 0 atom stereocenters. The smallest absolute Gasteiger partial charge is 0.177 e. The molecule has 3 heteroatoms. The van der Waals surface area contributed by atoms with Gasteiger partial charge in [0, 0.05) is 15.9 Å². The van der Waals surface area contributed by atoms with Gasteiger partial charge in [-0.15, -0.1) is 11.3 Å². The molecule has 0 bridgehead atoms. The predicted octanol–water partition coefficient (Wildman–Crippen LogP) is 1.07. The summed E-state index contributed by atoms with van der Waals surface area (Å²) in [6, 6.07) is 10.2. The van der Waals surface area contributed by atoms with Crippen molar-refractivity contribution in [3.8, 4) is 11.3 Å². The van der Waals surface area contributed by atoms with Crippen LogP contribution in [0.2, 0.25) is 0 Å². The lowest BCUT2D eigenvalue weighted by molar-refractivity contribution is 1.45. The Hall–Kier alpha value is -1.09. The third-order valence-corrected chi connectivity index (χ3v) is 2.46. The van der Waals surface area contributed by atoms with E-state index >= 15 is 0 Å². The molecule has 12 heavy (non-hydrogen) atoms.